The van der Waals surface area contributed by atoms with E-state index in [4.69, 9.17) is 14.0 Å². The molecule has 1 aromatic carbocycles. The van der Waals surface area contributed by atoms with Crippen molar-refractivity contribution in [1.82, 2.24) is 15.1 Å². The molecule has 6 heteroatoms. The summed E-state index contributed by atoms with van der Waals surface area (Å²) >= 11 is 0. The van der Waals surface area contributed by atoms with Crippen molar-refractivity contribution >= 4 is 0 Å². The average Bonchev–Trinajstić information content (AvgIpc) is 3.34. The number of methoxy groups -OCH3 is 1. The van der Waals surface area contributed by atoms with Crippen LogP contribution in [-0.4, -0.2) is 28.8 Å². The maximum Gasteiger partial charge on any atom is 0.262 e. The Kier molecular flexibility index (Phi) is 3.86. The molecule has 0 unspecified atom stereocenters. The van der Waals surface area contributed by atoms with Crippen molar-refractivity contribution in [1.29, 1.82) is 0 Å². The van der Waals surface area contributed by atoms with Crippen molar-refractivity contribution < 1.29 is 14.0 Å². The molecule has 122 valence electrons. The first-order valence-electron chi connectivity index (χ1n) is 7.90. The molecule has 0 aliphatic heterocycles. The predicted molar refractivity (Wildman–Crippen MR) is 87.7 cm³/mol. The molecule has 0 amide bonds. The highest BCUT2D eigenvalue weighted by Crippen LogP contribution is 2.34. The van der Waals surface area contributed by atoms with Crippen LogP contribution in [0.15, 0.2) is 47.1 Å². The molecule has 1 aliphatic rings. The highest BCUT2D eigenvalue weighted by molar-refractivity contribution is 5.65. The zero-order valence-electron chi connectivity index (χ0n) is 13.3. The standard InChI is InChI=1S/C18H17N3O3/c1-22-16-10-13(8-9-19-16)17-20-18(24-21-17)14-4-2-3-5-15(14)23-11-12-6-7-12/h2-5,8-10,12H,6-7,11H2,1H3. The van der Waals surface area contributed by atoms with E-state index in [0.717, 1.165) is 23.5 Å². The molecule has 0 atom stereocenters. The quantitative estimate of drug-likeness (QED) is 0.690. The molecule has 24 heavy (non-hydrogen) atoms. The average molecular weight is 323 g/mol. The van der Waals surface area contributed by atoms with Crippen molar-refractivity contribution in [3.05, 3.63) is 42.6 Å². The number of pyridine rings is 1. The lowest BCUT2D eigenvalue weighted by atomic mass is 10.2. The molecule has 4 rings (SSSR count). The molecule has 3 aromatic rings. The van der Waals surface area contributed by atoms with Gasteiger partial charge in [-0.2, -0.15) is 4.98 Å². The van der Waals surface area contributed by atoms with Gasteiger partial charge in [-0.15, -0.1) is 0 Å². The molecular formula is C18H17N3O3. The third-order valence-electron chi connectivity index (χ3n) is 3.92. The third-order valence-corrected chi connectivity index (χ3v) is 3.92. The van der Waals surface area contributed by atoms with Crippen LogP contribution in [0.4, 0.5) is 0 Å². The molecule has 1 saturated carbocycles. The molecule has 0 radical (unpaired) electrons. The molecule has 1 aliphatic carbocycles. The summed E-state index contributed by atoms with van der Waals surface area (Å²) in [5, 5.41) is 4.06. The van der Waals surface area contributed by atoms with Gasteiger partial charge < -0.3 is 14.0 Å². The number of hydrogen-bond acceptors (Lipinski definition) is 6. The number of ether oxygens (including phenoxy) is 2. The minimum atomic E-state index is 0.437. The van der Waals surface area contributed by atoms with Crippen molar-refractivity contribution in [3.63, 3.8) is 0 Å². The lowest BCUT2D eigenvalue weighted by Crippen LogP contribution is -2.00. The number of benzene rings is 1. The van der Waals surface area contributed by atoms with Gasteiger partial charge in [0.1, 0.15) is 5.75 Å². The second-order valence-electron chi connectivity index (χ2n) is 5.76. The van der Waals surface area contributed by atoms with Gasteiger partial charge in [-0.05, 0) is 37.0 Å². The summed E-state index contributed by atoms with van der Waals surface area (Å²) in [7, 11) is 1.57. The van der Waals surface area contributed by atoms with Crippen LogP contribution in [-0.2, 0) is 0 Å². The Morgan fingerprint density at radius 3 is 2.92 bits per heavy atom. The fourth-order valence-electron chi connectivity index (χ4n) is 2.37. The SMILES string of the molecule is COc1cc(-c2noc(-c3ccccc3OCC3CC3)n2)ccn1. The minimum absolute atomic E-state index is 0.437. The Morgan fingerprint density at radius 1 is 1.21 bits per heavy atom. The van der Waals surface area contributed by atoms with Gasteiger partial charge in [0.25, 0.3) is 5.89 Å². The molecule has 0 saturated heterocycles. The van der Waals surface area contributed by atoms with Gasteiger partial charge in [-0.3, -0.25) is 0 Å². The van der Waals surface area contributed by atoms with Crippen LogP contribution in [0.5, 0.6) is 11.6 Å². The minimum Gasteiger partial charge on any atom is -0.492 e. The van der Waals surface area contributed by atoms with E-state index < -0.39 is 0 Å². The Labute approximate surface area is 139 Å². The van der Waals surface area contributed by atoms with Crippen LogP contribution < -0.4 is 9.47 Å². The highest BCUT2D eigenvalue weighted by atomic mass is 16.5. The van der Waals surface area contributed by atoms with E-state index in [-0.39, 0.29) is 0 Å². The van der Waals surface area contributed by atoms with Crippen molar-refractivity contribution in [3.8, 4) is 34.5 Å². The third kappa shape index (κ3) is 3.08. The molecule has 2 heterocycles. The van der Waals surface area contributed by atoms with Crippen LogP contribution in [0.1, 0.15) is 12.8 Å². The topological polar surface area (TPSA) is 70.3 Å². The second kappa shape index (κ2) is 6.31. The molecule has 6 nitrogen and oxygen atoms in total. The normalized spacial score (nSPS) is 13.7. The lowest BCUT2D eigenvalue weighted by molar-refractivity contribution is 0.299. The summed E-state index contributed by atoms with van der Waals surface area (Å²) in [5.41, 5.74) is 1.59. The Hall–Kier alpha value is -2.89. The predicted octanol–water partition coefficient (Wildman–Crippen LogP) is 3.60. The highest BCUT2D eigenvalue weighted by Gasteiger charge is 2.23. The van der Waals surface area contributed by atoms with E-state index in [9.17, 15) is 0 Å². The molecular weight excluding hydrogens is 306 g/mol. The summed E-state index contributed by atoms with van der Waals surface area (Å²) in [6.07, 6.45) is 4.14. The van der Waals surface area contributed by atoms with Crippen molar-refractivity contribution in [2.24, 2.45) is 5.92 Å². The van der Waals surface area contributed by atoms with Crippen LogP contribution in [0.2, 0.25) is 0 Å². The van der Waals surface area contributed by atoms with Crippen LogP contribution in [0, 0.1) is 5.92 Å². The Morgan fingerprint density at radius 2 is 2.08 bits per heavy atom. The fraction of sp³-hybridized carbons (Fsp3) is 0.278. The van der Waals surface area contributed by atoms with E-state index in [1.54, 1.807) is 19.4 Å². The Bertz CT molecular complexity index is 843. The first-order valence-corrected chi connectivity index (χ1v) is 7.90. The zero-order valence-corrected chi connectivity index (χ0v) is 13.3. The molecule has 2 aromatic heterocycles. The number of rotatable bonds is 6. The lowest BCUT2D eigenvalue weighted by Gasteiger charge is -2.07. The number of aromatic nitrogens is 3. The largest absolute Gasteiger partial charge is 0.492 e. The van der Waals surface area contributed by atoms with E-state index >= 15 is 0 Å². The number of nitrogens with zero attached hydrogens (tertiary/aromatic N) is 3. The van der Waals surface area contributed by atoms with Gasteiger partial charge in [0.15, 0.2) is 0 Å². The van der Waals surface area contributed by atoms with Crippen LogP contribution in [0.3, 0.4) is 0 Å². The number of para-hydroxylation sites is 1. The van der Waals surface area contributed by atoms with Crippen LogP contribution >= 0.6 is 0 Å². The van der Waals surface area contributed by atoms with Gasteiger partial charge in [0, 0.05) is 17.8 Å². The zero-order chi connectivity index (χ0) is 16.4. The second-order valence-corrected chi connectivity index (χ2v) is 5.76. The molecule has 0 N–H and O–H groups in total. The van der Waals surface area contributed by atoms with Crippen molar-refractivity contribution in [2.75, 3.05) is 13.7 Å². The van der Waals surface area contributed by atoms with Gasteiger partial charge in [-0.1, -0.05) is 17.3 Å². The summed E-state index contributed by atoms with van der Waals surface area (Å²) in [6, 6.07) is 11.3. The smallest absolute Gasteiger partial charge is 0.262 e. The van der Waals surface area contributed by atoms with E-state index in [1.165, 1.54) is 12.8 Å². The summed E-state index contributed by atoms with van der Waals surface area (Å²) < 4.78 is 16.5. The summed E-state index contributed by atoms with van der Waals surface area (Å²) in [4.78, 5) is 8.57. The first-order chi connectivity index (χ1) is 11.8. The molecule has 1 fully saturated rings. The van der Waals surface area contributed by atoms with E-state index in [0.29, 0.717) is 23.5 Å². The van der Waals surface area contributed by atoms with Gasteiger partial charge in [-0.25, -0.2) is 4.98 Å². The van der Waals surface area contributed by atoms with Gasteiger partial charge >= 0.3 is 0 Å². The summed E-state index contributed by atoms with van der Waals surface area (Å²) in [5.74, 6) is 2.88. The van der Waals surface area contributed by atoms with Crippen molar-refractivity contribution in [2.45, 2.75) is 12.8 Å². The number of hydrogen-bond donors (Lipinski definition) is 0. The maximum absolute atomic E-state index is 5.91. The maximum atomic E-state index is 5.91. The summed E-state index contributed by atoms with van der Waals surface area (Å²) in [6.45, 7) is 0.736. The Balaban J connectivity index is 1.62. The molecule has 0 spiro atoms. The first kappa shape index (κ1) is 14.7. The monoisotopic (exact) mass is 323 g/mol. The van der Waals surface area contributed by atoms with Gasteiger partial charge in [0.2, 0.25) is 11.7 Å². The van der Waals surface area contributed by atoms with E-state index in [2.05, 4.69) is 15.1 Å². The molecule has 0 bridgehead atoms. The van der Waals surface area contributed by atoms with Crippen LogP contribution in [0.25, 0.3) is 22.8 Å². The van der Waals surface area contributed by atoms with Gasteiger partial charge in [0.05, 0.1) is 19.3 Å². The fourth-order valence-corrected chi connectivity index (χ4v) is 2.37. The van der Waals surface area contributed by atoms with E-state index in [1.807, 2.05) is 30.3 Å².